The van der Waals surface area contributed by atoms with E-state index >= 15 is 0 Å². The van der Waals surface area contributed by atoms with Crippen LogP contribution in [0.25, 0.3) is 0 Å². The third kappa shape index (κ3) is 6.49. The van der Waals surface area contributed by atoms with Gasteiger partial charge in [0.25, 0.3) is 0 Å². The molecular weight excluding hydrogens is 504 g/mol. The van der Waals surface area contributed by atoms with Crippen molar-refractivity contribution in [3.05, 3.63) is 87.9 Å². The molecule has 1 aliphatic heterocycles. The predicted molar refractivity (Wildman–Crippen MR) is 144 cm³/mol. The molecule has 1 amide bonds. The summed E-state index contributed by atoms with van der Waals surface area (Å²) in [6.07, 6.45) is 1.47. The van der Waals surface area contributed by atoms with Gasteiger partial charge >= 0.3 is 5.97 Å². The fourth-order valence-electron chi connectivity index (χ4n) is 4.62. The number of nitrogens with zero attached hydrogens (tertiary/aromatic N) is 1. The Morgan fingerprint density at radius 1 is 1.11 bits per heavy atom. The molecule has 1 saturated heterocycles. The number of hydrogen-bond donors (Lipinski definition) is 6. The van der Waals surface area contributed by atoms with E-state index in [0.717, 1.165) is 28.9 Å². The molecule has 2 aromatic carbocycles. The third-order valence-electron chi connectivity index (χ3n) is 6.43. The number of carbonyl (C=O) groups excluding carboxylic acids is 2. The monoisotopic (exact) mass is 534 g/mol. The van der Waals surface area contributed by atoms with Crippen molar-refractivity contribution in [2.24, 2.45) is 5.73 Å². The molecule has 3 atom stereocenters. The molecule has 198 valence electrons. The molecule has 0 bridgehead atoms. The number of carbonyl (C=O) groups is 3. The number of thiazole rings is 1. The maximum absolute atomic E-state index is 14.0. The number of nitrogen functional groups attached to an aromatic ring is 1. The molecule has 1 aliphatic rings. The summed E-state index contributed by atoms with van der Waals surface area (Å²) in [4.78, 5) is 43.4. The van der Waals surface area contributed by atoms with Crippen LogP contribution in [-0.4, -0.2) is 58.8 Å². The molecule has 0 saturated carbocycles. The lowest BCUT2D eigenvalue weighted by Crippen LogP contribution is -2.52. The number of aromatic nitrogens is 1. The number of aliphatic carboxylic acids is 1. The topological polar surface area (TPSA) is 170 Å². The maximum Gasteiger partial charge on any atom is 0.317 e. The van der Waals surface area contributed by atoms with Gasteiger partial charge in [0.2, 0.25) is 5.91 Å². The maximum atomic E-state index is 14.0. The van der Waals surface area contributed by atoms with E-state index in [2.05, 4.69) is 20.9 Å². The lowest BCUT2D eigenvalue weighted by atomic mass is 9.84. The molecule has 1 aromatic heterocycles. The number of nitrogens with two attached hydrogens (primary N) is 1. The zero-order chi connectivity index (χ0) is 27.1. The summed E-state index contributed by atoms with van der Waals surface area (Å²) in [5.41, 5.74) is 7.43. The van der Waals surface area contributed by atoms with Crippen LogP contribution < -0.4 is 21.7 Å². The van der Waals surface area contributed by atoms with Gasteiger partial charge in [-0.15, -0.1) is 11.3 Å². The van der Waals surface area contributed by atoms with Crippen molar-refractivity contribution in [2.45, 2.75) is 36.9 Å². The third-order valence-corrected chi connectivity index (χ3v) is 7.34. The molecule has 1 unspecified atom stereocenters. The average molecular weight is 535 g/mol. The second-order valence-corrected chi connectivity index (χ2v) is 9.92. The smallest absolute Gasteiger partial charge is 0.317 e. The number of amidine groups is 1. The Bertz CT molecular complexity index is 1240. The second kappa shape index (κ2) is 12.5. The Morgan fingerprint density at radius 3 is 2.24 bits per heavy atom. The molecule has 0 aliphatic carbocycles. The Hall–Kier alpha value is -3.93. The van der Waals surface area contributed by atoms with Crippen LogP contribution in [0, 0.1) is 5.41 Å². The van der Waals surface area contributed by atoms with Crippen molar-refractivity contribution >= 4 is 34.8 Å². The number of amides is 1. The van der Waals surface area contributed by atoms with Crippen molar-refractivity contribution in [3.63, 3.8) is 0 Å². The molecule has 0 spiro atoms. The van der Waals surface area contributed by atoms with Crippen LogP contribution in [-0.2, 0) is 14.4 Å². The van der Waals surface area contributed by atoms with E-state index in [1.807, 2.05) is 60.7 Å². The Labute approximate surface area is 224 Å². The quantitative estimate of drug-likeness (QED) is 0.151. The largest absolute Gasteiger partial charge is 0.480 e. The van der Waals surface area contributed by atoms with Gasteiger partial charge in [-0.3, -0.25) is 25.1 Å². The molecule has 10 nitrogen and oxygen atoms in total. The van der Waals surface area contributed by atoms with E-state index in [9.17, 15) is 19.5 Å². The highest BCUT2D eigenvalue weighted by Crippen LogP contribution is 2.30. The Balaban J connectivity index is 1.72. The van der Waals surface area contributed by atoms with Gasteiger partial charge in [0.15, 0.2) is 5.78 Å². The lowest BCUT2D eigenvalue weighted by Gasteiger charge is -2.29. The summed E-state index contributed by atoms with van der Waals surface area (Å²) in [6, 6.07) is 16.1. The van der Waals surface area contributed by atoms with E-state index in [4.69, 9.17) is 11.1 Å². The number of ketones is 1. The summed E-state index contributed by atoms with van der Waals surface area (Å²) in [5, 5.41) is 27.9. The van der Waals surface area contributed by atoms with Gasteiger partial charge in [0.1, 0.15) is 22.6 Å². The summed E-state index contributed by atoms with van der Waals surface area (Å²) in [5.74, 6) is -2.68. The second-order valence-electron chi connectivity index (χ2n) is 9.03. The molecule has 38 heavy (non-hydrogen) atoms. The van der Waals surface area contributed by atoms with Crippen molar-refractivity contribution in [3.8, 4) is 0 Å². The molecule has 1 fully saturated rings. The summed E-state index contributed by atoms with van der Waals surface area (Å²) in [7, 11) is 0. The van der Waals surface area contributed by atoms with Crippen molar-refractivity contribution < 1.29 is 19.5 Å². The standard InChI is InChI=1S/C27H30N6O4S/c28-25(29)19-15-38-27(32-19)23(24(36)18-12-7-13-30-18)33-26(37)22(31-14-20(34)35)21(16-8-3-1-4-9-16)17-10-5-2-6-11-17/h1-6,8-11,15,18,21-23,30-31H,7,12-14H2,(H3,28,29)(H,33,37)(H,34,35)/t18-,22+,23?/m0/s1. The van der Waals surface area contributed by atoms with Crippen LogP contribution >= 0.6 is 11.3 Å². The molecular formula is C27H30N6O4S. The first kappa shape index (κ1) is 27.1. The van der Waals surface area contributed by atoms with Crippen LogP contribution in [0.2, 0.25) is 0 Å². The van der Waals surface area contributed by atoms with E-state index in [0.29, 0.717) is 18.0 Å². The van der Waals surface area contributed by atoms with E-state index in [-0.39, 0.29) is 17.3 Å². The van der Waals surface area contributed by atoms with Crippen LogP contribution in [0.3, 0.4) is 0 Å². The zero-order valence-electron chi connectivity index (χ0n) is 20.6. The summed E-state index contributed by atoms with van der Waals surface area (Å²) in [6.45, 7) is 0.239. The van der Waals surface area contributed by atoms with Gasteiger partial charge in [-0.2, -0.15) is 0 Å². The van der Waals surface area contributed by atoms with E-state index in [1.54, 1.807) is 5.38 Å². The van der Waals surface area contributed by atoms with Gasteiger partial charge in [0.05, 0.1) is 18.6 Å². The molecule has 4 rings (SSSR count). The van der Waals surface area contributed by atoms with Gasteiger partial charge in [0, 0.05) is 11.3 Å². The number of carboxylic acids is 1. The first-order valence-corrected chi connectivity index (χ1v) is 13.2. The fraction of sp³-hybridized carbons (Fsp3) is 0.296. The fourth-order valence-corrected chi connectivity index (χ4v) is 5.49. The molecule has 0 radical (unpaired) electrons. The first-order valence-electron chi connectivity index (χ1n) is 12.3. The van der Waals surface area contributed by atoms with Gasteiger partial charge in [-0.1, -0.05) is 60.7 Å². The van der Waals surface area contributed by atoms with Crippen molar-refractivity contribution in [1.29, 1.82) is 5.41 Å². The Kier molecular flexibility index (Phi) is 8.95. The average Bonchev–Trinajstić information content (AvgIpc) is 3.63. The number of carboxylic acid groups (broad SMARTS) is 1. The first-order chi connectivity index (χ1) is 18.3. The van der Waals surface area contributed by atoms with Gasteiger partial charge in [-0.05, 0) is 30.5 Å². The Morgan fingerprint density at radius 2 is 1.74 bits per heavy atom. The van der Waals surface area contributed by atoms with Crippen LogP contribution in [0.1, 0.15) is 46.6 Å². The van der Waals surface area contributed by atoms with E-state index in [1.165, 1.54) is 0 Å². The number of benzene rings is 2. The highest BCUT2D eigenvalue weighted by atomic mass is 32.1. The number of Topliss-reactive ketones (excluding diaryl/α,β-unsaturated/α-hetero) is 1. The normalized spacial score (nSPS) is 16.6. The minimum Gasteiger partial charge on any atom is -0.480 e. The van der Waals surface area contributed by atoms with Crippen molar-refractivity contribution in [2.75, 3.05) is 13.1 Å². The van der Waals surface area contributed by atoms with Crippen LogP contribution in [0.5, 0.6) is 0 Å². The minimum absolute atomic E-state index is 0.225. The van der Waals surface area contributed by atoms with E-state index < -0.39 is 42.5 Å². The number of nitrogens with one attached hydrogen (secondary N) is 4. The number of hydrogen-bond acceptors (Lipinski definition) is 8. The molecule has 2 heterocycles. The van der Waals surface area contributed by atoms with Gasteiger partial charge < -0.3 is 21.5 Å². The lowest BCUT2D eigenvalue weighted by molar-refractivity contribution is -0.136. The minimum atomic E-state index is -1.11. The summed E-state index contributed by atoms with van der Waals surface area (Å²) < 4.78 is 0. The number of rotatable bonds is 12. The highest BCUT2D eigenvalue weighted by Gasteiger charge is 2.37. The highest BCUT2D eigenvalue weighted by molar-refractivity contribution is 7.10. The van der Waals surface area contributed by atoms with Gasteiger partial charge in [-0.25, -0.2) is 4.98 Å². The molecule has 7 N–H and O–H groups in total. The zero-order valence-corrected chi connectivity index (χ0v) is 21.4. The van der Waals surface area contributed by atoms with Crippen LogP contribution in [0.15, 0.2) is 66.0 Å². The predicted octanol–water partition coefficient (Wildman–Crippen LogP) is 1.78. The molecule has 3 aromatic rings. The summed E-state index contributed by atoms with van der Waals surface area (Å²) >= 11 is 1.14. The molecule has 11 heteroatoms. The van der Waals surface area contributed by atoms with Crippen LogP contribution in [0.4, 0.5) is 0 Å². The van der Waals surface area contributed by atoms with Crippen molar-refractivity contribution in [1.82, 2.24) is 20.9 Å². The SMILES string of the molecule is N=C(N)c1csc(C(NC(=O)[C@H](NCC(=O)O)C(c2ccccc2)c2ccccc2)C(=O)[C@@H]2CCCN2)n1.